The van der Waals surface area contributed by atoms with Crippen LogP contribution < -0.4 is 0 Å². The Morgan fingerprint density at radius 3 is 2.50 bits per heavy atom. The summed E-state index contributed by atoms with van der Waals surface area (Å²) in [6.07, 6.45) is -4.99. The lowest BCUT2D eigenvalue weighted by Gasteiger charge is -2.44. The summed E-state index contributed by atoms with van der Waals surface area (Å²) in [5.74, 6) is -3.78. The maximum atomic E-state index is 12.6. The Hall–Kier alpha value is -2.24. The van der Waals surface area contributed by atoms with Gasteiger partial charge >= 0.3 is 11.9 Å². The predicted molar refractivity (Wildman–Crippen MR) is 106 cm³/mol. The van der Waals surface area contributed by atoms with Gasteiger partial charge in [0.15, 0.2) is 0 Å². The first kappa shape index (κ1) is 22.9. The largest absolute Gasteiger partial charge is 0.508 e. The van der Waals surface area contributed by atoms with Gasteiger partial charge < -0.3 is 39.4 Å². The Morgan fingerprint density at radius 2 is 1.84 bits per heavy atom. The summed E-state index contributed by atoms with van der Waals surface area (Å²) in [6.45, 7) is 1.89. The highest BCUT2D eigenvalue weighted by Gasteiger charge is 2.70. The number of carbonyl (C=O) groups excluding carboxylic acids is 2. The first-order chi connectivity index (χ1) is 15.1. The number of benzene rings is 1. The highest BCUT2D eigenvalue weighted by atomic mass is 16.7. The first-order valence-corrected chi connectivity index (χ1v) is 10.6. The fourth-order valence-corrected chi connectivity index (χ4v) is 4.89. The van der Waals surface area contributed by atoms with Crippen molar-refractivity contribution in [3.8, 4) is 5.75 Å². The number of aromatic hydroxyl groups is 1. The van der Waals surface area contributed by atoms with Gasteiger partial charge in [0, 0.05) is 12.3 Å². The van der Waals surface area contributed by atoms with Gasteiger partial charge in [0.1, 0.15) is 23.6 Å². The molecule has 0 unspecified atom stereocenters. The molecule has 4 rings (SSSR count). The van der Waals surface area contributed by atoms with Crippen LogP contribution in [0, 0.1) is 11.8 Å². The smallest absolute Gasteiger partial charge is 0.338 e. The summed E-state index contributed by atoms with van der Waals surface area (Å²) < 4.78 is 22.2. The SMILES string of the molecule is COC(=O)[C@H]1C[C@H](O)[C@@]2(O)[C@@H](C1)O[C@@]1(C[C@H](OC(=O)c3ccc(O)cc3)[C@H](C)CO1)[C@@H]2O. The number of ether oxygens (including phenoxy) is 4. The fraction of sp³-hybridized carbons (Fsp3) is 0.636. The third-order valence-corrected chi connectivity index (χ3v) is 6.86. The molecule has 32 heavy (non-hydrogen) atoms. The quantitative estimate of drug-likeness (QED) is 0.465. The summed E-state index contributed by atoms with van der Waals surface area (Å²) in [5.41, 5.74) is -1.80. The van der Waals surface area contributed by atoms with Crippen LogP contribution in [0.4, 0.5) is 0 Å². The molecule has 8 atom stereocenters. The number of phenolic OH excluding ortho intramolecular Hbond substituents is 1. The van der Waals surface area contributed by atoms with Gasteiger partial charge in [0.25, 0.3) is 0 Å². The minimum atomic E-state index is -2.05. The van der Waals surface area contributed by atoms with Gasteiger partial charge in [-0.1, -0.05) is 6.92 Å². The van der Waals surface area contributed by atoms with Gasteiger partial charge in [-0.2, -0.15) is 0 Å². The van der Waals surface area contributed by atoms with Crippen LogP contribution in [0.1, 0.15) is 36.5 Å². The lowest BCUT2D eigenvalue weighted by molar-refractivity contribution is -0.299. The number of carbonyl (C=O) groups is 2. The Morgan fingerprint density at radius 1 is 1.16 bits per heavy atom. The molecule has 3 aliphatic rings. The van der Waals surface area contributed by atoms with E-state index in [-0.39, 0.29) is 43.1 Å². The fourth-order valence-electron chi connectivity index (χ4n) is 4.89. The predicted octanol–water partition coefficient (Wildman–Crippen LogP) is 0.105. The highest BCUT2D eigenvalue weighted by molar-refractivity contribution is 5.89. The minimum absolute atomic E-state index is 0.0158. The maximum Gasteiger partial charge on any atom is 0.338 e. The Labute approximate surface area is 184 Å². The van der Waals surface area contributed by atoms with E-state index in [9.17, 15) is 30.0 Å². The molecule has 1 saturated carbocycles. The number of hydrogen-bond acceptors (Lipinski definition) is 10. The molecule has 1 aliphatic carbocycles. The van der Waals surface area contributed by atoms with Gasteiger partial charge in [0.2, 0.25) is 5.79 Å². The van der Waals surface area contributed by atoms with E-state index in [1.165, 1.54) is 31.4 Å². The second-order valence-corrected chi connectivity index (χ2v) is 8.90. The van der Waals surface area contributed by atoms with Crippen molar-refractivity contribution < 1.29 is 49.0 Å². The van der Waals surface area contributed by atoms with Crippen LogP contribution in [0.25, 0.3) is 0 Å². The molecule has 0 amide bonds. The van der Waals surface area contributed by atoms with Crippen LogP contribution in [-0.4, -0.2) is 81.9 Å². The first-order valence-electron chi connectivity index (χ1n) is 10.6. The Balaban J connectivity index is 1.54. The number of fused-ring (bicyclic) bond motifs is 1. The third kappa shape index (κ3) is 3.65. The summed E-state index contributed by atoms with van der Waals surface area (Å²) in [7, 11) is 1.24. The second kappa shape index (κ2) is 8.27. The average Bonchev–Trinajstić information content (AvgIpc) is 2.98. The van der Waals surface area contributed by atoms with Crippen molar-refractivity contribution in [3.05, 3.63) is 29.8 Å². The topological polar surface area (TPSA) is 152 Å². The molecule has 2 aliphatic heterocycles. The maximum absolute atomic E-state index is 12.6. The minimum Gasteiger partial charge on any atom is -0.508 e. The standard InChI is InChI=1S/C22H28O10/c1-11-10-30-21(9-15(11)31-19(26)12-3-5-14(23)6-4-12)20(27)22(28)16(24)7-13(18(25)29-2)8-17(22)32-21/h3-6,11,13,15-17,20,23-24,27-28H,7-10H2,1-2H3/t11-,13+,15+,16+,17-,20+,21+,22-/m1/s1. The van der Waals surface area contributed by atoms with Crippen molar-refractivity contribution >= 4 is 11.9 Å². The monoisotopic (exact) mass is 452 g/mol. The molecule has 1 aromatic carbocycles. The molecule has 0 aromatic heterocycles. The van der Waals surface area contributed by atoms with E-state index in [1.807, 2.05) is 6.92 Å². The Bertz CT molecular complexity index is 872. The molecule has 1 aromatic rings. The van der Waals surface area contributed by atoms with Gasteiger partial charge in [-0.25, -0.2) is 4.79 Å². The molecular weight excluding hydrogens is 424 g/mol. The van der Waals surface area contributed by atoms with Crippen LogP contribution in [0.5, 0.6) is 5.75 Å². The second-order valence-electron chi connectivity index (χ2n) is 8.90. The van der Waals surface area contributed by atoms with E-state index in [0.717, 1.165) is 0 Å². The van der Waals surface area contributed by atoms with Crippen molar-refractivity contribution in [1.82, 2.24) is 0 Å². The van der Waals surface area contributed by atoms with Crippen molar-refractivity contribution in [2.75, 3.05) is 13.7 Å². The van der Waals surface area contributed by atoms with Crippen molar-refractivity contribution in [1.29, 1.82) is 0 Å². The summed E-state index contributed by atoms with van der Waals surface area (Å²) in [6, 6.07) is 5.60. The van der Waals surface area contributed by atoms with Crippen LogP contribution in [0.2, 0.25) is 0 Å². The van der Waals surface area contributed by atoms with Crippen molar-refractivity contribution in [2.45, 2.75) is 62.0 Å². The number of methoxy groups -OCH3 is 1. The van der Waals surface area contributed by atoms with E-state index in [4.69, 9.17) is 18.9 Å². The summed E-state index contributed by atoms with van der Waals surface area (Å²) in [5, 5.41) is 42.3. The van der Waals surface area contributed by atoms with E-state index in [1.54, 1.807) is 0 Å². The van der Waals surface area contributed by atoms with Gasteiger partial charge in [-0.3, -0.25) is 4.79 Å². The van der Waals surface area contributed by atoms with E-state index in [2.05, 4.69) is 0 Å². The molecule has 2 saturated heterocycles. The molecule has 10 heteroatoms. The average molecular weight is 452 g/mol. The lowest BCUT2D eigenvalue weighted by atomic mass is 9.71. The molecule has 176 valence electrons. The van der Waals surface area contributed by atoms with Crippen molar-refractivity contribution in [2.24, 2.45) is 11.8 Å². The molecule has 0 radical (unpaired) electrons. The van der Waals surface area contributed by atoms with Gasteiger partial charge in [-0.15, -0.1) is 0 Å². The van der Waals surface area contributed by atoms with Crippen LogP contribution >= 0.6 is 0 Å². The Kier molecular flexibility index (Phi) is 5.93. The molecule has 0 bridgehead atoms. The lowest BCUT2D eigenvalue weighted by Crippen LogP contribution is -2.63. The number of hydrogen-bond donors (Lipinski definition) is 4. The van der Waals surface area contributed by atoms with E-state index >= 15 is 0 Å². The summed E-state index contributed by atoms with van der Waals surface area (Å²) >= 11 is 0. The number of esters is 2. The molecule has 3 fully saturated rings. The van der Waals surface area contributed by atoms with Crippen LogP contribution in [-0.2, 0) is 23.7 Å². The zero-order valence-corrected chi connectivity index (χ0v) is 17.8. The van der Waals surface area contributed by atoms with Gasteiger partial charge in [-0.05, 0) is 37.1 Å². The zero-order valence-electron chi connectivity index (χ0n) is 17.8. The number of aliphatic hydroxyl groups is 3. The summed E-state index contributed by atoms with van der Waals surface area (Å²) in [4.78, 5) is 24.6. The molecule has 4 N–H and O–H groups in total. The van der Waals surface area contributed by atoms with Crippen LogP contribution in [0.15, 0.2) is 24.3 Å². The number of phenols is 1. The molecule has 10 nitrogen and oxygen atoms in total. The van der Waals surface area contributed by atoms with Crippen LogP contribution in [0.3, 0.4) is 0 Å². The molecule has 1 spiro atoms. The zero-order chi connectivity index (χ0) is 23.3. The van der Waals surface area contributed by atoms with Crippen molar-refractivity contribution in [3.63, 3.8) is 0 Å². The molecule has 2 heterocycles. The number of aliphatic hydroxyl groups excluding tert-OH is 2. The van der Waals surface area contributed by atoms with Gasteiger partial charge in [0.05, 0.1) is 37.4 Å². The number of rotatable bonds is 3. The van der Waals surface area contributed by atoms with E-state index in [0.29, 0.717) is 0 Å². The van der Waals surface area contributed by atoms with E-state index < -0.39 is 53.7 Å². The third-order valence-electron chi connectivity index (χ3n) is 6.86. The highest BCUT2D eigenvalue weighted by Crippen LogP contribution is 2.51. The molecular formula is C22H28O10. The normalized spacial score (nSPS) is 41.2.